The molecule has 0 rings (SSSR count). The highest BCUT2D eigenvalue weighted by Crippen LogP contribution is 2.03. The van der Waals surface area contributed by atoms with Crippen LogP contribution in [0.5, 0.6) is 0 Å². The number of hydrogen-bond donors (Lipinski definition) is 0. The van der Waals surface area contributed by atoms with Crippen LogP contribution in [0.15, 0.2) is 15.3 Å². The largest absolute Gasteiger partial charge is 0.194 e. The SMILES string of the molecule is CCCCCCN=[N+](CCCCCC)CCCCN=NCCCC. The van der Waals surface area contributed by atoms with E-state index in [1.165, 1.54) is 64.2 Å². The lowest BCUT2D eigenvalue weighted by atomic mass is 10.2. The molecule has 0 unspecified atom stereocenters. The summed E-state index contributed by atoms with van der Waals surface area (Å²) >= 11 is 0. The van der Waals surface area contributed by atoms with Gasteiger partial charge in [0.2, 0.25) is 0 Å². The van der Waals surface area contributed by atoms with Gasteiger partial charge in [-0.05, 0) is 30.8 Å². The molecule has 0 aromatic rings. The average molecular weight is 340 g/mol. The van der Waals surface area contributed by atoms with Crippen molar-refractivity contribution in [3.63, 3.8) is 0 Å². The standard InChI is InChI=1S/C20H43N4/c1-4-7-10-12-18-23-24(19-14-11-8-5-2)20-15-13-17-22-21-16-9-6-3/h4-20H2,1-3H3/q+1. The normalized spacial score (nSPS) is 12.4. The molecule has 0 saturated heterocycles. The topological polar surface area (TPSA) is 40.1 Å². The molecule has 0 radical (unpaired) electrons. The minimum Gasteiger partial charge on any atom is -0.194 e. The molecule has 0 aromatic carbocycles. The number of nitrogens with zero attached hydrogens (tertiary/aromatic N) is 4. The first-order valence-electron chi connectivity index (χ1n) is 10.6. The van der Waals surface area contributed by atoms with Crippen molar-refractivity contribution in [1.29, 1.82) is 0 Å². The summed E-state index contributed by atoms with van der Waals surface area (Å²) < 4.78 is 2.33. The summed E-state index contributed by atoms with van der Waals surface area (Å²) in [6.07, 6.45) is 15.1. The van der Waals surface area contributed by atoms with Crippen LogP contribution in [0.25, 0.3) is 0 Å². The van der Waals surface area contributed by atoms with Crippen LogP contribution in [0.3, 0.4) is 0 Å². The molecule has 0 heterocycles. The van der Waals surface area contributed by atoms with Gasteiger partial charge in [-0.15, -0.1) is 4.70 Å². The van der Waals surface area contributed by atoms with Gasteiger partial charge in [-0.3, -0.25) is 0 Å². The van der Waals surface area contributed by atoms with Crippen LogP contribution in [-0.2, 0) is 0 Å². The van der Waals surface area contributed by atoms with Gasteiger partial charge in [-0.2, -0.15) is 10.2 Å². The summed E-state index contributed by atoms with van der Waals surface area (Å²) in [5.41, 5.74) is 0. The minimum atomic E-state index is 0.879. The third kappa shape index (κ3) is 17.6. The Kier molecular flexibility index (Phi) is 19.6. The third-order valence-corrected chi connectivity index (χ3v) is 4.22. The van der Waals surface area contributed by atoms with Gasteiger partial charge in [0.15, 0.2) is 13.1 Å². The van der Waals surface area contributed by atoms with Crippen LogP contribution < -0.4 is 0 Å². The quantitative estimate of drug-likeness (QED) is 0.152. The Morgan fingerprint density at radius 1 is 0.500 bits per heavy atom. The molecule has 0 bridgehead atoms. The summed E-state index contributed by atoms with van der Waals surface area (Å²) in [4.78, 5) is 0. The lowest BCUT2D eigenvalue weighted by Crippen LogP contribution is -2.14. The van der Waals surface area contributed by atoms with E-state index in [-0.39, 0.29) is 0 Å². The van der Waals surface area contributed by atoms with E-state index >= 15 is 0 Å². The highest BCUT2D eigenvalue weighted by atomic mass is 15.3. The van der Waals surface area contributed by atoms with Crippen molar-refractivity contribution in [3.05, 3.63) is 0 Å². The van der Waals surface area contributed by atoms with Gasteiger partial charge in [-0.1, -0.05) is 59.3 Å². The van der Waals surface area contributed by atoms with E-state index < -0.39 is 0 Å². The van der Waals surface area contributed by atoms with E-state index in [9.17, 15) is 0 Å². The molecule has 0 atom stereocenters. The zero-order chi connectivity index (χ0) is 17.7. The van der Waals surface area contributed by atoms with Crippen molar-refractivity contribution in [2.24, 2.45) is 15.3 Å². The fourth-order valence-corrected chi connectivity index (χ4v) is 2.57. The fourth-order valence-electron chi connectivity index (χ4n) is 2.57. The summed E-state index contributed by atoms with van der Waals surface area (Å²) in [5, 5.41) is 13.3. The molecular formula is C20H43N4+. The second-order valence-electron chi connectivity index (χ2n) is 6.73. The molecule has 0 N–H and O–H groups in total. The molecule has 24 heavy (non-hydrogen) atoms. The van der Waals surface area contributed by atoms with Gasteiger partial charge in [0.1, 0.15) is 6.54 Å². The molecule has 4 heteroatoms. The van der Waals surface area contributed by atoms with Crippen LogP contribution in [-0.4, -0.2) is 37.4 Å². The van der Waals surface area contributed by atoms with Crippen LogP contribution in [0.2, 0.25) is 0 Å². The fraction of sp³-hybridized carbons (Fsp3) is 1.00. The Balaban J connectivity index is 3.90. The molecule has 0 fully saturated rings. The number of hydrogen-bond acceptors (Lipinski definition) is 3. The van der Waals surface area contributed by atoms with Gasteiger partial charge in [0.05, 0.1) is 13.1 Å². The van der Waals surface area contributed by atoms with E-state index in [1.807, 2.05) is 0 Å². The molecule has 142 valence electrons. The summed E-state index contributed by atoms with van der Waals surface area (Å²) in [5.74, 6) is 0. The van der Waals surface area contributed by atoms with Crippen molar-refractivity contribution in [2.45, 2.75) is 97.8 Å². The Morgan fingerprint density at radius 2 is 1.00 bits per heavy atom. The van der Waals surface area contributed by atoms with E-state index in [1.54, 1.807) is 0 Å². The average Bonchev–Trinajstić information content (AvgIpc) is 2.60. The maximum absolute atomic E-state index is 4.83. The van der Waals surface area contributed by atoms with Crippen molar-refractivity contribution in [1.82, 2.24) is 0 Å². The monoisotopic (exact) mass is 339 g/mol. The highest BCUT2D eigenvalue weighted by Gasteiger charge is 2.06. The van der Waals surface area contributed by atoms with Crippen molar-refractivity contribution < 1.29 is 4.70 Å². The van der Waals surface area contributed by atoms with E-state index in [2.05, 4.69) is 35.7 Å². The third-order valence-electron chi connectivity index (χ3n) is 4.22. The van der Waals surface area contributed by atoms with Crippen LogP contribution in [0, 0.1) is 0 Å². The summed E-state index contributed by atoms with van der Waals surface area (Å²) in [6.45, 7) is 11.7. The molecule has 0 saturated carbocycles. The highest BCUT2D eigenvalue weighted by molar-refractivity contribution is 4.45. The van der Waals surface area contributed by atoms with Crippen LogP contribution in [0.4, 0.5) is 0 Å². The number of azo groups is 3. The van der Waals surface area contributed by atoms with Gasteiger partial charge < -0.3 is 0 Å². The minimum absolute atomic E-state index is 0.879. The first-order chi connectivity index (χ1) is 11.8. The number of rotatable bonds is 18. The van der Waals surface area contributed by atoms with Crippen molar-refractivity contribution in [3.8, 4) is 0 Å². The Hall–Kier alpha value is -0.800. The second-order valence-corrected chi connectivity index (χ2v) is 6.73. The maximum Gasteiger partial charge on any atom is 0.168 e. The molecular weight excluding hydrogens is 296 g/mol. The molecule has 0 amide bonds. The van der Waals surface area contributed by atoms with Crippen LogP contribution >= 0.6 is 0 Å². The van der Waals surface area contributed by atoms with E-state index in [0.29, 0.717) is 0 Å². The van der Waals surface area contributed by atoms with Gasteiger partial charge >= 0.3 is 0 Å². The molecule has 4 nitrogen and oxygen atoms in total. The van der Waals surface area contributed by atoms with E-state index in [4.69, 9.17) is 5.11 Å². The molecule has 0 spiro atoms. The van der Waals surface area contributed by atoms with Gasteiger partial charge in [0, 0.05) is 12.8 Å². The van der Waals surface area contributed by atoms with Crippen molar-refractivity contribution in [2.75, 3.05) is 32.7 Å². The number of unbranched alkanes of at least 4 members (excludes halogenated alkanes) is 8. The van der Waals surface area contributed by atoms with Crippen LogP contribution in [0.1, 0.15) is 97.8 Å². The Labute approximate surface area is 151 Å². The molecule has 0 aliphatic heterocycles. The maximum atomic E-state index is 4.83. The Bertz CT molecular complexity index is 300. The summed E-state index contributed by atoms with van der Waals surface area (Å²) in [7, 11) is 0. The van der Waals surface area contributed by atoms with Gasteiger partial charge in [0.25, 0.3) is 0 Å². The second kappa shape index (κ2) is 20.2. The summed E-state index contributed by atoms with van der Waals surface area (Å²) in [6, 6.07) is 0. The van der Waals surface area contributed by atoms with Gasteiger partial charge in [-0.25, -0.2) is 0 Å². The van der Waals surface area contributed by atoms with E-state index in [0.717, 1.165) is 45.6 Å². The molecule has 0 aliphatic rings. The predicted octanol–water partition coefficient (Wildman–Crippen LogP) is 6.64. The smallest absolute Gasteiger partial charge is 0.168 e. The molecule has 0 aromatic heterocycles. The molecule has 0 aliphatic carbocycles. The zero-order valence-electron chi connectivity index (χ0n) is 16.8. The van der Waals surface area contributed by atoms with Crippen molar-refractivity contribution >= 4 is 0 Å². The lowest BCUT2D eigenvalue weighted by Gasteiger charge is -2.02. The first kappa shape index (κ1) is 23.2. The lowest BCUT2D eigenvalue weighted by molar-refractivity contribution is -0.595. The Morgan fingerprint density at radius 3 is 1.62 bits per heavy atom. The first-order valence-corrected chi connectivity index (χ1v) is 10.6. The zero-order valence-corrected chi connectivity index (χ0v) is 16.8. The predicted molar refractivity (Wildman–Crippen MR) is 104 cm³/mol.